The number of fused-ring (bicyclic) bond motifs is 5. The molecule has 0 aliphatic heterocycles. The lowest BCUT2D eigenvalue weighted by Gasteiger charge is -2.62. The van der Waals surface area contributed by atoms with Crippen molar-refractivity contribution in [2.75, 3.05) is 0 Å². The molecule has 4 saturated carbocycles. The average molecular weight is 321 g/mol. The van der Waals surface area contributed by atoms with Gasteiger partial charge in [-0.05, 0) is 91.8 Å². The predicted octanol–water partition coefficient (Wildman–Crippen LogP) is 4.39. The Balaban J connectivity index is 1.64. The van der Waals surface area contributed by atoms with Gasteiger partial charge >= 0.3 is 0 Å². The number of aliphatic hydroxyl groups is 2. The molecule has 23 heavy (non-hydrogen) atoms. The Kier molecular flexibility index (Phi) is 3.89. The molecule has 0 amide bonds. The lowest BCUT2D eigenvalue weighted by Crippen LogP contribution is -2.59. The van der Waals surface area contributed by atoms with Crippen molar-refractivity contribution in [2.24, 2.45) is 40.4 Å². The largest absolute Gasteiger partial charge is 0.393 e. The maximum absolute atomic E-state index is 10.9. The SMILES string of the molecule is CCC1CCC2C3CCC4CC(O)CC(O)C4(C)C3CCC12C. The number of hydrogen-bond donors (Lipinski definition) is 2. The summed E-state index contributed by atoms with van der Waals surface area (Å²) in [5.41, 5.74) is 0.631. The van der Waals surface area contributed by atoms with Gasteiger partial charge < -0.3 is 10.2 Å². The molecule has 0 saturated heterocycles. The first-order chi connectivity index (χ1) is 10.9. The Hall–Kier alpha value is -0.0800. The van der Waals surface area contributed by atoms with E-state index in [-0.39, 0.29) is 17.6 Å². The van der Waals surface area contributed by atoms with Crippen LogP contribution >= 0.6 is 0 Å². The van der Waals surface area contributed by atoms with Gasteiger partial charge in [-0.15, -0.1) is 0 Å². The van der Waals surface area contributed by atoms with Crippen LogP contribution in [0.4, 0.5) is 0 Å². The maximum atomic E-state index is 10.9. The van der Waals surface area contributed by atoms with Crippen molar-refractivity contribution in [3.8, 4) is 0 Å². The van der Waals surface area contributed by atoms with Gasteiger partial charge in [0.2, 0.25) is 0 Å². The predicted molar refractivity (Wildman–Crippen MR) is 92.9 cm³/mol. The van der Waals surface area contributed by atoms with Gasteiger partial charge in [-0.2, -0.15) is 0 Å². The molecule has 4 fully saturated rings. The molecule has 132 valence electrons. The van der Waals surface area contributed by atoms with E-state index in [0.29, 0.717) is 23.7 Å². The Bertz CT molecular complexity index is 463. The zero-order chi connectivity index (χ0) is 16.4. The van der Waals surface area contributed by atoms with E-state index in [0.717, 1.165) is 24.2 Å². The Morgan fingerprint density at radius 3 is 2.43 bits per heavy atom. The first kappa shape index (κ1) is 16.4. The van der Waals surface area contributed by atoms with Crippen LogP contribution in [0.1, 0.15) is 78.6 Å². The van der Waals surface area contributed by atoms with Crippen molar-refractivity contribution in [1.82, 2.24) is 0 Å². The molecule has 2 nitrogen and oxygen atoms in total. The highest BCUT2D eigenvalue weighted by molar-refractivity contribution is 5.11. The van der Waals surface area contributed by atoms with Gasteiger partial charge in [0.1, 0.15) is 0 Å². The quantitative estimate of drug-likeness (QED) is 0.752. The molecule has 2 heteroatoms. The van der Waals surface area contributed by atoms with Gasteiger partial charge in [0, 0.05) is 0 Å². The van der Waals surface area contributed by atoms with Crippen LogP contribution in [0.15, 0.2) is 0 Å². The van der Waals surface area contributed by atoms with E-state index in [9.17, 15) is 10.2 Å². The second-order valence-corrected chi connectivity index (χ2v) is 9.89. The topological polar surface area (TPSA) is 40.5 Å². The fourth-order valence-corrected chi connectivity index (χ4v) is 8.08. The molecule has 0 bridgehead atoms. The van der Waals surface area contributed by atoms with Gasteiger partial charge in [-0.3, -0.25) is 0 Å². The first-order valence-corrected chi connectivity index (χ1v) is 10.3. The van der Waals surface area contributed by atoms with Crippen LogP contribution in [0.25, 0.3) is 0 Å². The van der Waals surface area contributed by atoms with E-state index in [2.05, 4.69) is 20.8 Å². The van der Waals surface area contributed by atoms with Crippen molar-refractivity contribution in [2.45, 2.75) is 90.8 Å². The van der Waals surface area contributed by atoms with Crippen LogP contribution in [-0.2, 0) is 0 Å². The van der Waals surface area contributed by atoms with Crippen molar-refractivity contribution in [3.63, 3.8) is 0 Å². The minimum Gasteiger partial charge on any atom is -0.393 e. The second-order valence-electron chi connectivity index (χ2n) is 9.89. The van der Waals surface area contributed by atoms with E-state index in [4.69, 9.17) is 0 Å². The summed E-state index contributed by atoms with van der Waals surface area (Å²) >= 11 is 0. The second kappa shape index (κ2) is 5.46. The fourth-order valence-electron chi connectivity index (χ4n) is 8.08. The summed E-state index contributed by atoms with van der Waals surface area (Å²) in [6.45, 7) is 7.35. The van der Waals surface area contributed by atoms with Crippen LogP contribution in [0.2, 0.25) is 0 Å². The molecular weight excluding hydrogens is 284 g/mol. The summed E-state index contributed by atoms with van der Waals surface area (Å²) < 4.78 is 0. The van der Waals surface area contributed by atoms with Gasteiger partial charge in [-0.25, -0.2) is 0 Å². The first-order valence-electron chi connectivity index (χ1n) is 10.3. The van der Waals surface area contributed by atoms with Gasteiger partial charge in [0.25, 0.3) is 0 Å². The Labute approximate surface area is 142 Å². The molecule has 0 aromatic heterocycles. The molecule has 4 aliphatic rings. The Morgan fingerprint density at radius 1 is 0.913 bits per heavy atom. The molecule has 4 aliphatic carbocycles. The standard InChI is InChI=1S/C21H36O2/c1-4-13-6-8-17-16-7-5-14-11-15(22)12-19(23)21(14,3)18(16)9-10-20(13,17)2/h13-19,22-23H,4-12H2,1-3H3. The summed E-state index contributed by atoms with van der Waals surface area (Å²) in [6.07, 6.45) is 10.4. The Morgan fingerprint density at radius 2 is 1.70 bits per heavy atom. The molecule has 9 unspecified atom stereocenters. The molecule has 4 rings (SSSR count). The summed E-state index contributed by atoms with van der Waals surface area (Å²) in [7, 11) is 0. The van der Waals surface area contributed by atoms with E-state index in [1.54, 1.807) is 0 Å². The molecule has 9 atom stereocenters. The highest BCUT2D eigenvalue weighted by Crippen LogP contribution is 2.67. The van der Waals surface area contributed by atoms with E-state index in [1.165, 1.54) is 44.9 Å². The third-order valence-electron chi connectivity index (χ3n) is 9.42. The lowest BCUT2D eigenvalue weighted by atomic mass is 9.44. The average Bonchev–Trinajstić information content (AvgIpc) is 2.85. The zero-order valence-corrected chi connectivity index (χ0v) is 15.3. The highest BCUT2D eigenvalue weighted by atomic mass is 16.3. The molecular formula is C21H36O2. The minimum absolute atomic E-state index is 0.0633. The molecule has 2 N–H and O–H groups in total. The van der Waals surface area contributed by atoms with E-state index < -0.39 is 0 Å². The van der Waals surface area contributed by atoms with Crippen molar-refractivity contribution in [1.29, 1.82) is 0 Å². The molecule has 0 radical (unpaired) electrons. The highest BCUT2D eigenvalue weighted by Gasteiger charge is 2.61. The van der Waals surface area contributed by atoms with Crippen LogP contribution in [0, 0.1) is 40.4 Å². The van der Waals surface area contributed by atoms with Crippen LogP contribution < -0.4 is 0 Å². The van der Waals surface area contributed by atoms with Crippen molar-refractivity contribution in [3.05, 3.63) is 0 Å². The molecule has 0 heterocycles. The van der Waals surface area contributed by atoms with Gasteiger partial charge in [-0.1, -0.05) is 27.2 Å². The van der Waals surface area contributed by atoms with Crippen LogP contribution in [-0.4, -0.2) is 22.4 Å². The van der Waals surface area contributed by atoms with Crippen LogP contribution in [0.3, 0.4) is 0 Å². The molecule has 0 aromatic carbocycles. The number of hydrogen-bond acceptors (Lipinski definition) is 2. The van der Waals surface area contributed by atoms with Gasteiger partial charge in [0.15, 0.2) is 0 Å². The zero-order valence-electron chi connectivity index (χ0n) is 15.3. The third kappa shape index (κ3) is 2.13. The normalized spacial score (nSPS) is 59.1. The molecule has 0 spiro atoms. The smallest absolute Gasteiger partial charge is 0.0623 e. The number of aliphatic hydroxyl groups excluding tert-OH is 2. The third-order valence-corrected chi connectivity index (χ3v) is 9.42. The monoisotopic (exact) mass is 320 g/mol. The molecule has 0 aromatic rings. The summed E-state index contributed by atoms with van der Waals surface area (Å²) in [6, 6.07) is 0. The summed E-state index contributed by atoms with van der Waals surface area (Å²) in [4.78, 5) is 0. The maximum Gasteiger partial charge on any atom is 0.0623 e. The summed E-state index contributed by atoms with van der Waals surface area (Å²) in [5.74, 6) is 3.88. The van der Waals surface area contributed by atoms with E-state index in [1.807, 2.05) is 0 Å². The lowest BCUT2D eigenvalue weighted by molar-refractivity contribution is -0.180. The van der Waals surface area contributed by atoms with Crippen molar-refractivity contribution >= 4 is 0 Å². The van der Waals surface area contributed by atoms with Crippen molar-refractivity contribution < 1.29 is 10.2 Å². The fraction of sp³-hybridized carbons (Fsp3) is 1.00. The van der Waals surface area contributed by atoms with E-state index >= 15 is 0 Å². The minimum atomic E-state index is -0.295. The summed E-state index contributed by atoms with van der Waals surface area (Å²) in [5, 5.41) is 21.0. The number of rotatable bonds is 1. The van der Waals surface area contributed by atoms with Crippen LogP contribution in [0.5, 0.6) is 0 Å². The van der Waals surface area contributed by atoms with Gasteiger partial charge in [0.05, 0.1) is 12.2 Å².